The van der Waals surface area contributed by atoms with Gasteiger partial charge in [0.15, 0.2) is 5.82 Å². The minimum Gasteiger partial charge on any atom is -0.461 e. The number of benzene rings is 2. The van der Waals surface area contributed by atoms with Crippen molar-refractivity contribution in [2.75, 3.05) is 44.7 Å². The maximum atomic E-state index is 16.8. The SMILES string of the molecule is CN(c1nc(OC[C@@]23CCCN2C[C@H](F)C3)nc2c(F)c(-c3cccc4cccc(Cl)c34)ncc12)[C@H]1CN(C(=O)OC(C)(C)C)C[C@@H]1O. The van der Waals surface area contributed by atoms with Crippen LogP contribution >= 0.6 is 11.6 Å². The highest BCUT2D eigenvalue weighted by Gasteiger charge is 2.49. The lowest BCUT2D eigenvalue weighted by atomic mass is 9.95. The molecular weight excluding hydrogens is 642 g/mol. The molecule has 0 aliphatic carbocycles. The van der Waals surface area contributed by atoms with Gasteiger partial charge in [-0.1, -0.05) is 41.9 Å². The predicted molar refractivity (Wildman–Crippen MR) is 180 cm³/mol. The fourth-order valence-electron chi connectivity index (χ4n) is 7.47. The van der Waals surface area contributed by atoms with E-state index in [2.05, 4.69) is 14.9 Å². The molecule has 0 spiro atoms. The van der Waals surface area contributed by atoms with Crippen LogP contribution in [0.5, 0.6) is 6.01 Å². The van der Waals surface area contributed by atoms with Gasteiger partial charge in [-0.15, -0.1) is 0 Å². The summed E-state index contributed by atoms with van der Waals surface area (Å²) >= 11 is 6.59. The molecule has 5 heterocycles. The van der Waals surface area contributed by atoms with E-state index in [1.165, 1.54) is 11.1 Å². The summed E-state index contributed by atoms with van der Waals surface area (Å²) in [6.45, 7) is 6.84. The Labute approximate surface area is 282 Å². The highest BCUT2D eigenvalue weighted by atomic mass is 35.5. The number of ether oxygens (including phenoxy) is 2. The molecule has 4 aromatic rings. The van der Waals surface area contributed by atoms with Crippen molar-refractivity contribution < 1.29 is 28.2 Å². The van der Waals surface area contributed by atoms with Gasteiger partial charge < -0.3 is 24.4 Å². The number of alkyl halides is 1. The molecule has 0 unspecified atom stereocenters. The Bertz CT molecular complexity index is 1890. The van der Waals surface area contributed by atoms with Crippen LogP contribution in [0.1, 0.15) is 40.0 Å². The van der Waals surface area contributed by atoms with E-state index in [1.54, 1.807) is 44.9 Å². The first-order valence-corrected chi connectivity index (χ1v) is 16.7. The van der Waals surface area contributed by atoms with Crippen LogP contribution in [0.3, 0.4) is 0 Å². The Morgan fingerprint density at radius 2 is 1.94 bits per heavy atom. The van der Waals surface area contributed by atoms with Gasteiger partial charge in [-0.2, -0.15) is 9.97 Å². The van der Waals surface area contributed by atoms with Gasteiger partial charge in [0.05, 0.1) is 29.6 Å². The van der Waals surface area contributed by atoms with Gasteiger partial charge in [-0.3, -0.25) is 9.88 Å². The number of β-amino-alcohol motifs (C(OH)–C–C–N with tert-alkyl or cyclic N) is 1. The van der Waals surface area contributed by atoms with Crippen LogP contribution in [0.4, 0.5) is 19.4 Å². The summed E-state index contributed by atoms with van der Waals surface area (Å²) in [5.41, 5.74) is -0.628. The molecule has 3 saturated heterocycles. The molecule has 10 nitrogen and oxygen atoms in total. The Hall–Kier alpha value is -3.87. The van der Waals surface area contributed by atoms with Crippen molar-refractivity contribution in [1.29, 1.82) is 0 Å². The number of aromatic nitrogens is 3. The van der Waals surface area contributed by atoms with Gasteiger partial charge in [0.1, 0.15) is 35.4 Å². The van der Waals surface area contributed by atoms with E-state index in [0.717, 1.165) is 24.8 Å². The topological polar surface area (TPSA) is 104 Å². The Balaban J connectivity index is 1.30. The maximum absolute atomic E-state index is 16.8. The molecule has 0 bridgehead atoms. The van der Waals surface area contributed by atoms with Crippen molar-refractivity contribution in [3.8, 4) is 17.3 Å². The summed E-state index contributed by atoms with van der Waals surface area (Å²) in [5.74, 6) is -0.413. The number of carbonyl (C=O) groups excluding carboxylic acids is 1. The first-order valence-electron chi connectivity index (χ1n) is 16.3. The van der Waals surface area contributed by atoms with Gasteiger partial charge in [0, 0.05) is 48.7 Å². The van der Waals surface area contributed by atoms with Crippen LogP contribution in [0.15, 0.2) is 42.6 Å². The minimum absolute atomic E-state index is 0.0250. The number of likely N-dealkylation sites (tertiary alicyclic amines) is 1. The lowest BCUT2D eigenvalue weighted by molar-refractivity contribution is 0.0270. The molecule has 3 aliphatic heterocycles. The van der Waals surface area contributed by atoms with Crippen LogP contribution in [0, 0.1) is 5.82 Å². The molecule has 0 saturated carbocycles. The van der Waals surface area contributed by atoms with Crippen LogP contribution in [-0.4, -0.2) is 105 Å². The molecule has 0 radical (unpaired) electrons. The molecule has 3 fully saturated rings. The lowest BCUT2D eigenvalue weighted by Crippen LogP contribution is -2.44. The summed E-state index contributed by atoms with van der Waals surface area (Å²) in [6, 6.07) is 10.3. The number of anilines is 1. The zero-order valence-electron chi connectivity index (χ0n) is 27.4. The second kappa shape index (κ2) is 12.2. The summed E-state index contributed by atoms with van der Waals surface area (Å²) in [5, 5.41) is 13.4. The second-order valence-electron chi connectivity index (χ2n) is 14.2. The van der Waals surface area contributed by atoms with Crippen molar-refractivity contribution in [2.45, 2.75) is 69.5 Å². The van der Waals surface area contributed by atoms with Crippen molar-refractivity contribution >= 4 is 45.2 Å². The zero-order valence-corrected chi connectivity index (χ0v) is 28.2. The minimum atomic E-state index is -0.947. The largest absolute Gasteiger partial charge is 0.461 e. The van der Waals surface area contributed by atoms with Crippen molar-refractivity contribution in [3.63, 3.8) is 0 Å². The molecule has 2 aromatic heterocycles. The number of pyridine rings is 1. The van der Waals surface area contributed by atoms with Gasteiger partial charge in [-0.05, 0) is 51.6 Å². The van der Waals surface area contributed by atoms with Crippen molar-refractivity contribution in [1.82, 2.24) is 24.8 Å². The Morgan fingerprint density at radius 3 is 2.71 bits per heavy atom. The number of likely N-dealkylation sites (N-methyl/N-ethyl adjacent to an activating group) is 1. The number of fused-ring (bicyclic) bond motifs is 3. The Morgan fingerprint density at radius 1 is 1.17 bits per heavy atom. The molecule has 3 aliphatic rings. The fourth-order valence-corrected chi connectivity index (χ4v) is 7.75. The fraction of sp³-hybridized carbons (Fsp3) is 0.486. The van der Waals surface area contributed by atoms with E-state index in [9.17, 15) is 14.3 Å². The third-order valence-electron chi connectivity index (χ3n) is 9.73. The number of carbonyl (C=O) groups is 1. The average Bonchev–Trinajstić information content (AvgIpc) is 3.70. The number of aliphatic hydroxyl groups is 1. The van der Waals surface area contributed by atoms with Gasteiger partial charge in [-0.25, -0.2) is 13.6 Å². The molecule has 2 aromatic carbocycles. The summed E-state index contributed by atoms with van der Waals surface area (Å²) in [4.78, 5) is 32.0. The number of nitrogens with zero attached hydrogens (tertiary/aromatic N) is 6. The van der Waals surface area contributed by atoms with Gasteiger partial charge in [0.2, 0.25) is 0 Å². The smallest absolute Gasteiger partial charge is 0.410 e. The number of rotatable bonds is 6. The number of hydrogen-bond donors (Lipinski definition) is 1. The molecule has 7 rings (SSSR count). The summed E-state index contributed by atoms with van der Waals surface area (Å²) in [7, 11) is 1.72. The highest BCUT2D eigenvalue weighted by molar-refractivity contribution is 6.36. The molecule has 48 heavy (non-hydrogen) atoms. The van der Waals surface area contributed by atoms with E-state index in [1.807, 2.05) is 24.3 Å². The standard InChI is InChI=1S/C35H39ClF2N6O4/c1-34(2,3)48-33(46)43-17-25(26(45)18-43)42(4)31-23-15-39-29(22-10-5-8-20-9-6-11-24(36)27(20)22)28(38)30(23)40-32(41-31)47-19-35-12-7-13-44(35)16-21(37)14-35/h5-6,8-11,15,21,25-26,45H,7,12-14,16-19H2,1-4H3/t21-,25+,26+,35+/m1/s1. The molecule has 4 atom stereocenters. The number of amides is 1. The molecule has 1 N–H and O–H groups in total. The third-order valence-corrected chi connectivity index (χ3v) is 10.0. The predicted octanol–water partition coefficient (Wildman–Crippen LogP) is 6.01. The van der Waals surface area contributed by atoms with Crippen molar-refractivity contribution in [2.24, 2.45) is 0 Å². The summed E-state index contributed by atoms with van der Waals surface area (Å²) < 4.78 is 43.1. The van der Waals surface area contributed by atoms with E-state index in [0.29, 0.717) is 34.3 Å². The molecule has 13 heteroatoms. The number of aliphatic hydroxyl groups excluding tert-OH is 1. The van der Waals surface area contributed by atoms with Crippen LogP contribution in [0.25, 0.3) is 32.9 Å². The maximum Gasteiger partial charge on any atom is 0.410 e. The van der Waals surface area contributed by atoms with Gasteiger partial charge >= 0.3 is 12.1 Å². The van der Waals surface area contributed by atoms with E-state index >= 15 is 4.39 Å². The van der Waals surface area contributed by atoms with Crippen LogP contribution in [-0.2, 0) is 4.74 Å². The molecule has 254 valence electrons. The number of halogens is 3. The lowest BCUT2D eigenvalue weighted by Gasteiger charge is -2.31. The normalized spacial score (nSPS) is 24.4. The monoisotopic (exact) mass is 680 g/mol. The first-order chi connectivity index (χ1) is 22.8. The Kier molecular flexibility index (Phi) is 8.32. The average molecular weight is 681 g/mol. The van der Waals surface area contributed by atoms with E-state index in [-0.39, 0.29) is 42.7 Å². The highest BCUT2D eigenvalue weighted by Crippen LogP contribution is 2.41. The number of hydrogen-bond acceptors (Lipinski definition) is 9. The molecule has 1 amide bonds. The quantitative estimate of drug-likeness (QED) is 0.262. The third kappa shape index (κ3) is 5.88. The van der Waals surface area contributed by atoms with E-state index < -0.39 is 41.4 Å². The van der Waals surface area contributed by atoms with E-state index in [4.69, 9.17) is 26.1 Å². The van der Waals surface area contributed by atoms with Crippen LogP contribution in [0.2, 0.25) is 5.02 Å². The second-order valence-corrected chi connectivity index (χ2v) is 14.6. The summed E-state index contributed by atoms with van der Waals surface area (Å²) in [6.07, 6.45) is 1.16. The zero-order chi connectivity index (χ0) is 34.0. The molecular formula is C35H39ClF2N6O4. The van der Waals surface area contributed by atoms with Crippen molar-refractivity contribution in [3.05, 3.63) is 53.4 Å². The van der Waals surface area contributed by atoms with Gasteiger partial charge in [0.25, 0.3) is 0 Å². The first kappa shape index (κ1) is 32.7. The van der Waals surface area contributed by atoms with Crippen LogP contribution < -0.4 is 9.64 Å².